The quantitative estimate of drug-likeness (QED) is 0.389. The van der Waals surface area contributed by atoms with E-state index in [4.69, 9.17) is 11.6 Å². The number of benzene rings is 3. The molecule has 3 rings (SSSR count). The van der Waals surface area contributed by atoms with Crippen LogP contribution in [-0.2, 0) is 5.41 Å². The average molecular weight is 488 g/mol. The molecule has 3 aromatic rings. The molecule has 0 aliphatic heterocycles. The van der Waals surface area contributed by atoms with Crippen LogP contribution < -0.4 is 5.32 Å². The van der Waals surface area contributed by atoms with Gasteiger partial charge in [-0.3, -0.25) is 4.79 Å². The monoisotopic (exact) mass is 487 g/mol. The molecule has 3 aromatic carbocycles. The molecule has 10 heteroatoms. The van der Waals surface area contributed by atoms with E-state index in [0.717, 1.165) is 42.5 Å². The van der Waals surface area contributed by atoms with Gasteiger partial charge in [0.25, 0.3) is 5.91 Å². The van der Waals surface area contributed by atoms with Crippen molar-refractivity contribution in [2.45, 2.75) is 24.7 Å². The van der Waals surface area contributed by atoms with Crippen LogP contribution in [0.25, 0.3) is 0 Å². The SMILES string of the molecule is Cc1cccc(C(c2cccc(NC(=O)c3cc(Cl)ccc3O)c2)(C(F)(F)F)C(F)(F)F)c1. The molecule has 0 spiro atoms. The van der Waals surface area contributed by atoms with E-state index in [1.54, 1.807) is 0 Å². The number of halogens is 7. The van der Waals surface area contributed by atoms with Crippen LogP contribution in [0.4, 0.5) is 32.0 Å². The van der Waals surface area contributed by atoms with Crippen molar-refractivity contribution >= 4 is 23.2 Å². The van der Waals surface area contributed by atoms with E-state index in [1.807, 2.05) is 0 Å². The average Bonchev–Trinajstić information content (AvgIpc) is 2.68. The number of aromatic hydroxyl groups is 1. The molecule has 1 amide bonds. The lowest BCUT2D eigenvalue weighted by molar-refractivity contribution is -0.288. The first-order chi connectivity index (χ1) is 15.3. The van der Waals surface area contributed by atoms with Gasteiger partial charge in [0.1, 0.15) is 5.75 Å². The second kappa shape index (κ2) is 8.62. The molecule has 2 N–H and O–H groups in total. The largest absolute Gasteiger partial charge is 0.507 e. The number of hydrogen-bond acceptors (Lipinski definition) is 2. The summed E-state index contributed by atoms with van der Waals surface area (Å²) >= 11 is 5.79. The summed E-state index contributed by atoms with van der Waals surface area (Å²) in [5.74, 6) is -1.43. The van der Waals surface area contributed by atoms with E-state index < -0.39 is 40.6 Å². The molecule has 33 heavy (non-hydrogen) atoms. The maximum Gasteiger partial charge on any atom is 0.411 e. The van der Waals surface area contributed by atoms with Gasteiger partial charge in [-0.1, -0.05) is 53.6 Å². The number of hydrogen-bond donors (Lipinski definition) is 2. The lowest BCUT2D eigenvalue weighted by Gasteiger charge is -2.38. The van der Waals surface area contributed by atoms with Crippen molar-refractivity contribution in [3.8, 4) is 5.75 Å². The predicted octanol–water partition coefficient (Wildman–Crippen LogP) is 7.02. The molecule has 0 aromatic heterocycles. The smallest absolute Gasteiger partial charge is 0.411 e. The van der Waals surface area contributed by atoms with Gasteiger partial charge in [0.05, 0.1) is 5.56 Å². The molecule has 174 valence electrons. The number of alkyl halides is 6. The fraction of sp³-hybridized carbons (Fsp3) is 0.174. The van der Waals surface area contributed by atoms with Crippen molar-refractivity contribution in [1.29, 1.82) is 0 Å². The lowest BCUT2D eigenvalue weighted by Crippen LogP contribution is -2.54. The van der Waals surface area contributed by atoms with Crippen molar-refractivity contribution in [2.75, 3.05) is 5.32 Å². The third kappa shape index (κ3) is 4.50. The second-order valence-electron chi connectivity index (χ2n) is 7.31. The zero-order valence-corrected chi connectivity index (χ0v) is 17.6. The van der Waals surface area contributed by atoms with E-state index in [9.17, 15) is 36.2 Å². The highest BCUT2D eigenvalue weighted by Crippen LogP contribution is 2.56. The molecular weight excluding hydrogens is 472 g/mol. The van der Waals surface area contributed by atoms with E-state index in [1.165, 1.54) is 19.1 Å². The molecule has 0 saturated heterocycles. The fourth-order valence-electron chi connectivity index (χ4n) is 3.58. The minimum atomic E-state index is -5.76. The van der Waals surface area contributed by atoms with Gasteiger partial charge in [0.2, 0.25) is 5.41 Å². The van der Waals surface area contributed by atoms with Gasteiger partial charge >= 0.3 is 12.4 Å². The number of carbonyl (C=O) groups excluding carboxylic acids is 1. The van der Waals surface area contributed by atoms with Crippen molar-refractivity contribution in [3.63, 3.8) is 0 Å². The molecule has 0 heterocycles. The molecule has 0 bridgehead atoms. The van der Waals surface area contributed by atoms with E-state index in [0.29, 0.717) is 12.1 Å². The first-order valence-electron chi connectivity index (χ1n) is 9.38. The standard InChI is InChI=1S/C23H16ClF6NO2/c1-13-4-2-5-14(10-13)21(22(25,26)27,23(28,29)30)15-6-3-7-17(11-15)31-20(33)18-12-16(24)8-9-19(18)32/h2-12,32H,1H3,(H,31,33). The van der Waals surface area contributed by atoms with Crippen molar-refractivity contribution < 1.29 is 36.2 Å². The van der Waals surface area contributed by atoms with Crippen LogP contribution in [-0.4, -0.2) is 23.4 Å². The molecule has 0 fully saturated rings. The topological polar surface area (TPSA) is 49.3 Å². The van der Waals surface area contributed by atoms with Crippen LogP contribution in [0.3, 0.4) is 0 Å². The molecule has 0 saturated carbocycles. The zero-order valence-electron chi connectivity index (χ0n) is 16.9. The van der Waals surface area contributed by atoms with E-state index in [-0.39, 0.29) is 21.8 Å². The van der Waals surface area contributed by atoms with Crippen molar-refractivity contribution in [2.24, 2.45) is 0 Å². The third-order valence-corrected chi connectivity index (χ3v) is 5.29. The summed E-state index contributed by atoms with van der Waals surface area (Å²) in [6, 6.07) is 11.1. The Morgan fingerprint density at radius 3 is 2.00 bits per heavy atom. The highest BCUT2D eigenvalue weighted by Gasteiger charge is 2.72. The van der Waals surface area contributed by atoms with Crippen LogP contribution in [0.2, 0.25) is 5.02 Å². The summed E-state index contributed by atoms with van der Waals surface area (Å²) in [5, 5.41) is 12.1. The molecule has 0 unspecified atom stereocenters. The normalized spacial score (nSPS) is 12.5. The molecule has 0 radical (unpaired) electrons. The van der Waals surface area contributed by atoms with Crippen LogP contribution in [0.1, 0.15) is 27.0 Å². The van der Waals surface area contributed by atoms with Gasteiger partial charge in [-0.05, 0) is 48.4 Å². The maximum atomic E-state index is 14.3. The van der Waals surface area contributed by atoms with Gasteiger partial charge in [-0.15, -0.1) is 0 Å². The third-order valence-electron chi connectivity index (χ3n) is 5.06. The fourth-order valence-corrected chi connectivity index (χ4v) is 3.75. The molecule has 0 atom stereocenters. The van der Waals surface area contributed by atoms with Gasteiger partial charge in [0, 0.05) is 10.7 Å². The predicted molar refractivity (Wildman–Crippen MR) is 112 cm³/mol. The minimum absolute atomic E-state index is 0.0966. The maximum absolute atomic E-state index is 14.3. The number of rotatable bonds is 4. The summed E-state index contributed by atoms with van der Waals surface area (Å²) in [7, 11) is 0. The first kappa shape index (κ1) is 24.4. The summed E-state index contributed by atoms with van der Waals surface area (Å²) in [6.45, 7) is 1.38. The number of phenols is 1. The summed E-state index contributed by atoms with van der Waals surface area (Å²) in [4.78, 5) is 12.5. The number of amides is 1. The van der Waals surface area contributed by atoms with Crippen LogP contribution >= 0.6 is 11.6 Å². The minimum Gasteiger partial charge on any atom is -0.507 e. The van der Waals surface area contributed by atoms with Crippen LogP contribution in [0, 0.1) is 6.92 Å². The summed E-state index contributed by atoms with van der Waals surface area (Å²) in [6.07, 6.45) is -11.5. The zero-order chi connectivity index (χ0) is 24.6. The number of anilines is 1. The Labute approximate surface area is 189 Å². The highest BCUT2D eigenvalue weighted by molar-refractivity contribution is 6.31. The Hall–Kier alpha value is -3.20. The van der Waals surface area contributed by atoms with Gasteiger partial charge < -0.3 is 10.4 Å². The Balaban J connectivity index is 2.17. The summed E-state index contributed by atoms with van der Waals surface area (Å²) < 4.78 is 85.7. The van der Waals surface area contributed by atoms with Crippen LogP contribution in [0.15, 0.2) is 66.7 Å². The molecule has 3 nitrogen and oxygen atoms in total. The molecule has 0 aliphatic carbocycles. The Bertz CT molecular complexity index is 1180. The Morgan fingerprint density at radius 2 is 1.42 bits per heavy atom. The van der Waals surface area contributed by atoms with Crippen molar-refractivity contribution in [1.82, 2.24) is 0 Å². The van der Waals surface area contributed by atoms with Crippen LogP contribution in [0.5, 0.6) is 5.75 Å². The second-order valence-corrected chi connectivity index (χ2v) is 7.75. The van der Waals surface area contributed by atoms with E-state index >= 15 is 0 Å². The Morgan fingerprint density at radius 1 is 0.848 bits per heavy atom. The number of phenolic OH excluding ortho intramolecular Hbond substituents is 1. The Kier molecular flexibility index (Phi) is 6.39. The highest BCUT2D eigenvalue weighted by atomic mass is 35.5. The lowest BCUT2D eigenvalue weighted by atomic mass is 9.72. The number of nitrogens with one attached hydrogen (secondary N) is 1. The molecular formula is C23H16ClF6NO2. The van der Waals surface area contributed by atoms with Gasteiger partial charge in [0.15, 0.2) is 0 Å². The molecule has 0 aliphatic rings. The van der Waals surface area contributed by atoms with Gasteiger partial charge in [-0.2, -0.15) is 26.3 Å². The van der Waals surface area contributed by atoms with Gasteiger partial charge in [-0.25, -0.2) is 0 Å². The van der Waals surface area contributed by atoms with Crippen molar-refractivity contribution in [3.05, 3.63) is 94.0 Å². The summed E-state index contributed by atoms with van der Waals surface area (Å²) in [5.41, 5.74) is -6.89. The first-order valence-corrected chi connectivity index (χ1v) is 9.76. The van der Waals surface area contributed by atoms with E-state index in [2.05, 4.69) is 5.32 Å². The number of aryl methyl sites for hydroxylation is 1. The number of carbonyl (C=O) groups is 1.